The third-order valence-electron chi connectivity index (χ3n) is 4.01. The van der Waals surface area contributed by atoms with Crippen molar-refractivity contribution in [3.8, 4) is 0 Å². The van der Waals surface area contributed by atoms with Gasteiger partial charge in [-0.15, -0.1) is 0 Å². The maximum Gasteiger partial charge on any atom is 0.329 e. The molecule has 114 valence electrons. The minimum atomic E-state index is -1.26. The van der Waals surface area contributed by atoms with E-state index in [-0.39, 0.29) is 12.0 Å². The Kier molecular flexibility index (Phi) is 4.25. The summed E-state index contributed by atoms with van der Waals surface area (Å²) in [4.78, 5) is 25.1. The van der Waals surface area contributed by atoms with Crippen LogP contribution in [0.3, 0.4) is 0 Å². The Labute approximate surface area is 121 Å². The van der Waals surface area contributed by atoms with Crippen LogP contribution >= 0.6 is 0 Å². The first kappa shape index (κ1) is 15.4. The standard InChI is InChI=1S/C15H17F2NO3/c1-15(14(20)21)6-2-3-7-18(15)13(19)8-10-4-5-11(16)9-12(10)17/h4-5,9H,2-3,6-8H2,1H3,(H,20,21). The Hall–Kier alpha value is -1.98. The molecule has 0 aliphatic carbocycles. The number of carbonyl (C=O) groups excluding carboxylic acids is 1. The van der Waals surface area contributed by atoms with Crippen LogP contribution in [0.1, 0.15) is 31.7 Å². The number of carbonyl (C=O) groups is 2. The maximum absolute atomic E-state index is 13.6. The van der Waals surface area contributed by atoms with E-state index in [2.05, 4.69) is 0 Å². The third-order valence-corrected chi connectivity index (χ3v) is 4.01. The first-order valence-corrected chi connectivity index (χ1v) is 6.82. The second-order valence-electron chi connectivity index (χ2n) is 5.49. The van der Waals surface area contributed by atoms with E-state index in [1.54, 1.807) is 0 Å². The fourth-order valence-corrected chi connectivity index (χ4v) is 2.67. The van der Waals surface area contributed by atoms with Gasteiger partial charge in [-0.25, -0.2) is 13.6 Å². The van der Waals surface area contributed by atoms with Crippen molar-refractivity contribution in [2.45, 2.75) is 38.1 Å². The van der Waals surface area contributed by atoms with Crippen molar-refractivity contribution in [1.82, 2.24) is 4.90 Å². The zero-order valence-corrected chi connectivity index (χ0v) is 11.7. The van der Waals surface area contributed by atoms with Crippen LogP contribution in [0.25, 0.3) is 0 Å². The fraction of sp³-hybridized carbons (Fsp3) is 0.467. The maximum atomic E-state index is 13.6. The van der Waals surface area contributed by atoms with Gasteiger partial charge in [-0.2, -0.15) is 0 Å². The molecule has 2 rings (SSSR count). The van der Waals surface area contributed by atoms with Gasteiger partial charge in [0.15, 0.2) is 0 Å². The van der Waals surface area contributed by atoms with Gasteiger partial charge in [0, 0.05) is 12.6 Å². The third kappa shape index (κ3) is 3.04. The van der Waals surface area contributed by atoms with Crippen LogP contribution < -0.4 is 0 Å². The van der Waals surface area contributed by atoms with E-state index >= 15 is 0 Å². The molecule has 1 saturated heterocycles. The Morgan fingerprint density at radius 3 is 2.67 bits per heavy atom. The molecular formula is C15H17F2NO3. The van der Waals surface area contributed by atoms with Gasteiger partial charge in [-0.05, 0) is 37.8 Å². The van der Waals surface area contributed by atoms with Crippen molar-refractivity contribution in [2.24, 2.45) is 0 Å². The highest BCUT2D eigenvalue weighted by molar-refractivity contribution is 5.88. The molecule has 0 spiro atoms. The molecule has 1 aliphatic rings. The average Bonchev–Trinajstić information content (AvgIpc) is 2.42. The van der Waals surface area contributed by atoms with Crippen LogP contribution in [0.5, 0.6) is 0 Å². The van der Waals surface area contributed by atoms with Gasteiger partial charge in [0.2, 0.25) is 5.91 Å². The summed E-state index contributed by atoms with van der Waals surface area (Å²) in [5.41, 5.74) is -1.19. The van der Waals surface area contributed by atoms with Gasteiger partial charge >= 0.3 is 5.97 Å². The summed E-state index contributed by atoms with van der Waals surface area (Å²) < 4.78 is 26.5. The summed E-state index contributed by atoms with van der Waals surface area (Å²) in [7, 11) is 0. The summed E-state index contributed by atoms with van der Waals surface area (Å²) in [6.45, 7) is 1.85. The molecule has 1 N–H and O–H groups in total. The zero-order valence-electron chi connectivity index (χ0n) is 11.7. The number of aliphatic carboxylic acids is 1. The summed E-state index contributed by atoms with van der Waals surface area (Å²) in [6.07, 6.45) is 1.56. The van der Waals surface area contributed by atoms with E-state index in [0.717, 1.165) is 25.0 Å². The first-order chi connectivity index (χ1) is 9.84. The van der Waals surface area contributed by atoms with Crippen molar-refractivity contribution in [3.63, 3.8) is 0 Å². The Bertz CT molecular complexity index is 576. The second-order valence-corrected chi connectivity index (χ2v) is 5.49. The highest BCUT2D eigenvalue weighted by Gasteiger charge is 2.43. The molecule has 1 fully saturated rings. The van der Waals surface area contributed by atoms with Gasteiger partial charge < -0.3 is 10.0 Å². The van der Waals surface area contributed by atoms with Crippen molar-refractivity contribution in [3.05, 3.63) is 35.4 Å². The Balaban J connectivity index is 2.20. The largest absolute Gasteiger partial charge is 0.480 e. The lowest BCUT2D eigenvalue weighted by Crippen LogP contribution is -2.57. The number of carboxylic acids is 1. The Morgan fingerprint density at radius 2 is 2.05 bits per heavy atom. The molecule has 1 aromatic carbocycles. The van der Waals surface area contributed by atoms with E-state index in [4.69, 9.17) is 0 Å². The summed E-state index contributed by atoms with van der Waals surface area (Å²) in [5, 5.41) is 9.36. The highest BCUT2D eigenvalue weighted by Crippen LogP contribution is 2.29. The zero-order chi connectivity index (χ0) is 15.6. The summed E-state index contributed by atoms with van der Waals surface area (Å²) in [6, 6.07) is 3.01. The number of nitrogens with zero attached hydrogens (tertiary/aromatic N) is 1. The van der Waals surface area contributed by atoms with Crippen LogP contribution in [0.15, 0.2) is 18.2 Å². The van der Waals surface area contributed by atoms with Crippen LogP contribution in [0.2, 0.25) is 0 Å². The van der Waals surface area contributed by atoms with Crippen LogP contribution in [-0.2, 0) is 16.0 Å². The minimum Gasteiger partial charge on any atom is -0.480 e. The van der Waals surface area contributed by atoms with Crippen molar-refractivity contribution in [1.29, 1.82) is 0 Å². The molecular weight excluding hydrogens is 280 g/mol. The van der Waals surface area contributed by atoms with E-state index in [9.17, 15) is 23.5 Å². The van der Waals surface area contributed by atoms with Gasteiger partial charge in [-0.3, -0.25) is 4.79 Å². The number of amides is 1. The van der Waals surface area contributed by atoms with Crippen LogP contribution in [0, 0.1) is 11.6 Å². The molecule has 21 heavy (non-hydrogen) atoms. The molecule has 0 radical (unpaired) electrons. The molecule has 1 unspecified atom stereocenters. The predicted molar refractivity (Wildman–Crippen MR) is 71.7 cm³/mol. The molecule has 0 bridgehead atoms. The van der Waals surface area contributed by atoms with E-state index in [1.165, 1.54) is 17.9 Å². The summed E-state index contributed by atoms with van der Waals surface area (Å²) in [5.74, 6) is -3.02. The Morgan fingerprint density at radius 1 is 1.33 bits per heavy atom. The monoisotopic (exact) mass is 297 g/mol. The molecule has 0 aromatic heterocycles. The predicted octanol–water partition coefficient (Wildman–Crippen LogP) is 2.36. The molecule has 1 heterocycles. The van der Waals surface area contributed by atoms with Crippen molar-refractivity contribution in [2.75, 3.05) is 6.54 Å². The normalized spacial score (nSPS) is 22.1. The van der Waals surface area contributed by atoms with E-state index in [0.29, 0.717) is 13.0 Å². The highest BCUT2D eigenvalue weighted by atomic mass is 19.1. The van der Waals surface area contributed by atoms with Crippen molar-refractivity contribution >= 4 is 11.9 Å². The number of hydrogen-bond donors (Lipinski definition) is 1. The topological polar surface area (TPSA) is 57.6 Å². The van der Waals surface area contributed by atoms with E-state index in [1.807, 2.05) is 0 Å². The first-order valence-electron chi connectivity index (χ1n) is 6.82. The van der Waals surface area contributed by atoms with Gasteiger partial charge in [0.25, 0.3) is 0 Å². The summed E-state index contributed by atoms with van der Waals surface area (Å²) >= 11 is 0. The SMILES string of the molecule is CC1(C(=O)O)CCCCN1C(=O)Cc1ccc(F)cc1F. The molecule has 0 saturated carbocycles. The number of hydrogen-bond acceptors (Lipinski definition) is 2. The average molecular weight is 297 g/mol. The molecule has 1 aromatic rings. The number of halogens is 2. The second kappa shape index (κ2) is 5.79. The van der Waals surface area contributed by atoms with E-state index < -0.39 is 29.0 Å². The fourth-order valence-electron chi connectivity index (χ4n) is 2.67. The number of carboxylic acid groups (broad SMARTS) is 1. The van der Waals surface area contributed by atoms with Crippen molar-refractivity contribution < 1.29 is 23.5 Å². The quantitative estimate of drug-likeness (QED) is 0.932. The number of likely N-dealkylation sites (tertiary alicyclic amines) is 1. The molecule has 6 heteroatoms. The lowest BCUT2D eigenvalue weighted by Gasteiger charge is -2.41. The van der Waals surface area contributed by atoms with Crippen LogP contribution in [-0.4, -0.2) is 34.0 Å². The van der Waals surface area contributed by atoms with Gasteiger partial charge in [0.05, 0.1) is 6.42 Å². The molecule has 1 atom stereocenters. The van der Waals surface area contributed by atoms with Gasteiger partial charge in [0.1, 0.15) is 17.2 Å². The number of piperidine rings is 1. The smallest absolute Gasteiger partial charge is 0.329 e. The number of benzene rings is 1. The number of rotatable bonds is 3. The lowest BCUT2D eigenvalue weighted by atomic mass is 9.88. The molecule has 4 nitrogen and oxygen atoms in total. The van der Waals surface area contributed by atoms with Crippen LogP contribution in [0.4, 0.5) is 8.78 Å². The van der Waals surface area contributed by atoms with Gasteiger partial charge in [-0.1, -0.05) is 6.07 Å². The molecule has 1 amide bonds. The lowest BCUT2D eigenvalue weighted by molar-refractivity contribution is -0.160. The minimum absolute atomic E-state index is 0.0692. The molecule has 1 aliphatic heterocycles.